The first-order valence-corrected chi connectivity index (χ1v) is 11.2. The van der Waals surface area contributed by atoms with E-state index in [0.717, 1.165) is 15.7 Å². The molecule has 0 radical (unpaired) electrons. The fraction of sp³-hybridized carbons (Fsp3) is 0.263. The van der Waals surface area contributed by atoms with Crippen molar-refractivity contribution < 1.29 is 9.53 Å². The second-order valence-electron chi connectivity index (χ2n) is 5.91. The summed E-state index contributed by atoms with van der Waals surface area (Å²) in [6, 6.07) is 15.0. The maximum absolute atomic E-state index is 12.3. The minimum absolute atomic E-state index is 0.196. The Morgan fingerprint density at radius 3 is 2.38 bits per heavy atom. The zero-order chi connectivity index (χ0) is 21.4. The van der Waals surface area contributed by atoms with Gasteiger partial charge in [-0.05, 0) is 71.1 Å². The molecule has 0 bridgehead atoms. The zero-order valence-corrected chi connectivity index (χ0v) is 20.6. The smallest absolute Gasteiger partial charge is 0.259 e. The molecule has 0 saturated heterocycles. The maximum Gasteiger partial charge on any atom is 0.259 e. The SMILES string of the molecule is CCc1ccc(OCC(=O)NC(NC(=S)Nc2ccccc2I)C(Cl)(Cl)Cl)cc1. The van der Waals surface area contributed by atoms with Crippen LogP contribution in [0.1, 0.15) is 12.5 Å². The van der Waals surface area contributed by atoms with E-state index in [1.54, 1.807) is 12.1 Å². The van der Waals surface area contributed by atoms with Gasteiger partial charge < -0.3 is 20.7 Å². The molecule has 2 aromatic rings. The molecule has 0 aliphatic heterocycles. The van der Waals surface area contributed by atoms with Gasteiger partial charge in [-0.3, -0.25) is 4.79 Å². The standard InChI is InChI=1S/C19H19Cl3IN3O2S/c1-2-12-7-9-13(10-8-12)28-11-16(27)25-17(19(20,21)22)26-18(29)24-15-6-4-3-5-14(15)23/h3-10,17H,2,11H2,1H3,(H,25,27)(H2,24,26,29). The molecule has 0 aliphatic rings. The number of aryl methyl sites for hydroxylation is 1. The van der Waals surface area contributed by atoms with Crippen LogP contribution in [0.5, 0.6) is 5.75 Å². The number of rotatable bonds is 7. The highest BCUT2D eigenvalue weighted by molar-refractivity contribution is 14.1. The normalized spacial score (nSPS) is 12.0. The van der Waals surface area contributed by atoms with Gasteiger partial charge in [0.1, 0.15) is 11.9 Å². The van der Waals surface area contributed by atoms with Crippen LogP contribution in [0.25, 0.3) is 0 Å². The van der Waals surface area contributed by atoms with Gasteiger partial charge >= 0.3 is 0 Å². The molecule has 5 nitrogen and oxygen atoms in total. The van der Waals surface area contributed by atoms with Crippen LogP contribution < -0.4 is 20.7 Å². The molecule has 0 saturated carbocycles. The molecular formula is C19H19Cl3IN3O2S. The molecule has 2 rings (SSSR count). The van der Waals surface area contributed by atoms with Crippen LogP contribution in [0.4, 0.5) is 5.69 Å². The van der Waals surface area contributed by atoms with Crippen LogP contribution >= 0.6 is 69.6 Å². The number of ether oxygens (including phenoxy) is 1. The molecule has 1 amide bonds. The second kappa shape index (κ2) is 11.4. The third kappa shape index (κ3) is 8.33. The van der Waals surface area contributed by atoms with Gasteiger partial charge in [-0.25, -0.2) is 0 Å². The predicted octanol–water partition coefficient (Wildman–Crippen LogP) is 5.03. The molecule has 1 unspecified atom stereocenters. The first-order chi connectivity index (χ1) is 13.7. The zero-order valence-electron chi connectivity index (χ0n) is 15.3. The van der Waals surface area contributed by atoms with E-state index in [1.807, 2.05) is 36.4 Å². The molecule has 0 aliphatic carbocycles. The summed E-state index contributed by atoms with van der Waals surface area (Å²) in [5.74, 6) is 0.108. The number of hydrogen-bond donors (Lipinski definition) is 3. The number of benzene rings is 2. The lowest BCUT2D eigenvalue weighted by Gasteiger charge is -2.27. The number of anilines is 1. The van der Waals surface area contributed by atoms with Crippen molar-refractivity contribution in [2.24, 2.45) is 0 Å². The van der Waals surface area contributed by atoms with E-state index in [9.17, 15) is 4.79 Å². The Hall–Kier alpha value is -1.000. The lowest BCUT2D eigenvalue weighted by atomic mass is 10.2. The minimum Gasteiger partial charge on any atom is -0.484 e. The van der Waals surface area contributed by atoms with Crippen LogP contribution in [0.15, 0.2) is 48.5 Å². The topological polar surface area (TPSA) is 62.4 Å². The van der Waals surface area contributed by atoms with Crippen LogP contribution in [0.3, 0.4) is 0 Å². The Kier molecular flexibility index (Phi) is 9.55. The van der Waals surface area contributed by atoms with E-state index in [0.29, 0.717) is 5.75 Å². The summed E-state index contributed by atoms with van der Waals surface area (Å²) >= 11 is 25.4. The van der Waals surface area contributed by atoms with Gasteiger partial charge in [-0.1, -0.05) is 66.0 Å². The van der Waals surface area contributed by atoms with Crippen molar-refractivity contribution in [2.75, 3.05) is 11.9 Å². The lowest BCUT2D eigenvalue weighted by Crippen LogP contribution is -2.57. The number of amides is 1. The Morgan fingerprint density at radius 1 is 1.14 bits per heavy atom. The summed E-state index contributed by atoms with van der Waals surface area (Å²) in [7, 11) is 0. The molecule has 156 valence electrons. The first kappa shape index (κ1) is 24.3. The van der Waals surface area contributed by atoms with Crippen LogP contribution in [0, 0.1) is 3.57 Å². The molecule has 1 atom stereocenters. The fourth-order valence-electron chi connectivity index (χ4n) is 2.22. The number of carbonyl (C=O) groups excluding carboxylic acids is 1. The third-order valence-electron chi connectivity index (χ3n) is 3.73. The van der Waals surface area contributed by atoms with E-state index in [2.05, 4.69) is 45.5 Å². The van der Waals surface area contributed by atoms with Crippen molar-refractivity contribution in [3.63, 3.8) is 0 Å². The number of nitrogens with one attached hydrogen (secondary N) is 3. The summed E-state index contributed by atoms with van der Waals surface area (Å²) < 4.78 is 4.60. The Bertz CT molecular complexity index is 847. The monoisotopic (exact) mass is 585 g/mol. The van der Waals surface area contributed by atoms with Gasteiger partial charge in [0.2, 0.25) is 3.79 Å². The second-order valence-corrected chi connectivity index (χ2v) is 9.85. The lowest BCUT2D eigenvalue weighted by molar-refractivity contribution is -0.123. The van der Waals surface area contributed by atoms with Crippen molar-refractivity contribution in [3.8, 4) is 5.75 Å². The average Bonchev–Trinajstić information content (AvgIpc) is 2.67. The predicted molar refractivity (Wildman–Crippen MR) is 132 cm³/mol. The summed E-state index contributed by atoms with van der Waals surface area (Å²) in [6.45, 7) is 1.83. The van der Waals surface area contributed by atoms with Crippen LogP contribution in [-0.4, -0.2) is 27.6 Å². The van der Waals surface area contributed by atoms with Crippen molar-refractivity contribution >= 4 is 86.3 Å². The van der Waals surface area contributed by atoms with Gasteiger partial charge in [0.15, 0.2) is 11.7 Å². The van der Waals surface area contributed by atoms with E-state index >= 15 is 0 Å². The number of para-hydroxylation sites is 1. The minimum atomic E-state index is -1.84. The van der Waals surface area contributed by atoms with E-state index in [-0.39, 0.29) is 11.7 Å². The number of alkyl halides is 3. The molecule has 29 heavy (non-hydrogen) atoms. The Balaban J connectivity index is 1.92. The van der Waals surface area contributed by atoms with Crippen molar-refractivity contribution in [1.82, 2.24) is 10.6 Å². The highest BCUT2D eigenvalue weighted by Gasteiger charge is 2.34. The average molecular weight is 587 g/mol. The first-order valence-electron chi connectivity index (χ1n) is 8.59. The van der Waals surface area contributed by atoms with Crippen molar-refractivity contribution in [2.45, 2.75) is 23.3 Å². The van der Waals surface area contributed by atoms with Crippen molar-refractivity contribution in [3.05, 3.63) is 57.7 Å². The Morgan fingerprint density at radius 2 is 1.79 bits per heavy atom. The molecule has 0 heterocycles. The third-order valence-corrected chi connectivity index (χ3v) is 5.55. The summed E-state index contributed by atoms with van der Waals surface area (Å²) in [4.78, 5) is 12.3. The van der Waals surface area contributed by atoms with Gasteiger partial charge in [0, 0.05) is 3.57 Å². The van der Waals surface area contributed by atoms with Gasteiger partial charge in [0.05, 0.1) is 5.69 Å². The molecule has 10 heteroatoms. The van der Waals surface area contributed by atoms with Crippen molar-refractivity contribution in [1.29, 1.82) is 0 Å². The van der Waals surface area contributed by atoms with E-state index in [1.165, 1.54) is 5.56 Å². The molecule has 0 aromatic heterocycles. The molecule has 2 aromatic carbocycles. The molecule has 0 fully saturated rings. The summed E-state index contributed by atoms with van der Waals surface area (Å²) in [5.41, 5.74) is 1.97. The highest BCUT2D eigenvalue weighted by atomic mass is 127. The molecule has 3 N–H and O–H groups in total. The fourth-order valence-corrected chi connectivity index (χ4v) is 3.30. The number of hydrogen-bond acceptors (Lipinski definition) is 3. The Labute approximate surface area is 203 Å². The van der Waals surface area contributed by atoms with Gasteiger partial charge in [-0.15, -0.1) is 0 Å². The van der Waals surface area contributed by atoms with Gasteiger partial charge in [0.25, 0.3) is 5.91 Å². The maximum atomic E-state index is 12.3. The number of thiocarbonyl (C=S) groups is 1. The number of carbonyl (C=O) groups is 1. The van der Waals surface area contributed by atoms with E-state index in [4.69, 9.17) is 51.8 Å². The molecular weight excluding hydrogens is 568 g/mol. The van der Waals surface area contributed by atoms with E-state index < -0.39 is 15.9 Å². The summed E-state index contributed by atoms with van der Waals surface area (Å²) in [6.07, 6.45) is -0.139. The quantitative estimate of drug-likeness (QED) is 0.184. The largest absolute Gasteiger partial charge is 0.484 e. The number of halogens is 4. The van der Waals surface area contributed by atoms with Crippen LogP contribution in [-0.2, 0) is 11.2 Å². The highest BCUT2D eigenvalue weighted by Crippen LogP contribution is 2.29. The summed E-state index contributed by atoms with van der Waals surface area (Å²) in [5, 5.41) is 8.60. The molecule has 0 spiro atoms. The van der Waals surface area contributed by atoms with Gasteiger partial charge in [-0.2, -0.15) is 0 Å². The van der Waals surface area contributed by atoms with Crippen LogP contribution in [0.2, 0.25) is 0 Å².